The van der Waals surface area contributed by atoms with E-state index in [0.29, 0.717) is 50.1 Å². The SMILES string of the molecule is CC[N+]1(c2c(C(N)=O)c([N+]3(CC)CC3)c(C(N)=O)c([N+]3(CC)CC3)c2C(N)=O)CC1. The summed E-state index contributed by atoms with van der Waals surface area (Å²) in [6, 6.07) is 0. The number of nitrogens with two attached hydrogens (primary N) is 3. The fourth-order valence-corrected chi connectivity index (χ4v) is 5.29. The Kier molecular flexibility index (Phi) is 4.50. The van der Waals surface area contributed by atoms with Crippen LogP contribution >= 0.6 is 0 Å². The largest absolute Gasteiger partial charge is 0.365 e. The molecule has 3 aliphatic heterocycles. The first-order chi connectivity index (χ1) is 14.1. The van der Waals surface area contributed by atoms with E-state index in [0.717, 1.165) is 39.3 Å². The Hall–Kier alpha value is -2.49. The average molecular weight is 418 g/mol. The lowest BCUT2D eigenvalue weighted by Gasteiger charge is -2.30. The molecule has 30 heavy (non-hydrogen) atoms. The van der Waals surface area contributed by atoms with Crippen LogP contribution < -0.4 is 30.7 Å². The van der Waals surface area contributed by atoms with Gasteiger partial charge in [0.1, 0.15) is 39.3 Å². The maximum atomic E-state index is 12.9. The molecule has 0 atom stereocenters. The predicted octanol–water partition coefficient (Wildman–Crippen LogP) is 0.00570. The topological polar surface area (TPSA) is 129 Å². The van der Waals surface area contributed by atoms with Crippen LogP contribution in [0.5, 0.6) is 0 Å². The quantitative estimate of drug-likeness (QED) is 0.386. The van der Waals surface area contributed by atoms with Crippen LogP contribution in [0.3, 0.4) is 0 Å². The number of quaternary nitrogens is 3. The number of benzene rings is 1. The monoisotopic (exact) mass is 417 g/mol. The molecule has 1 aromatic rings. The van der Waals surface area contributed by atoms with Crippen molar-refractivity contribution in [3.05, 3.63) is 16.7 Å². The Morgan fingerprint density at radius 1 is 0.567 bits per heavy atom. The fraction of sp³-hybridized carbons (Fsp3) is 0.571. The molecule has 9 nitrogen and oxygen atoms in total. The van der Waals surface area contributed by atoms with Crippen LogP contribution in [0.25, 0.3) is 0 Å². The van der Waals surface area contributed by atoms with Gasteiger partial charge in [-0.15, -0.1) is 0 Å². The molecule has 4 rings (SSSR count). The van der Waals surface area contributed by atoms with Crippen molar-refractivity contribution in [1.82, 2.24) is 13.4 Å². The zero-order valence-electron chi connectivity index (χ0n) is 18.2. The molecule has 0 spiro atoms. The molecule has 9 heteroatoms. The Morgan fingerprint density at radius 2 is 0.767 bits per heavy atom. The molecule has 0 saturated carbocycles. The number of hydrogen-bond donors (Lipinski definition) is 3. The van der Waals surface area contributed by atoms with Crippen molar-refractivity contribution in [3.8, 4) is 0 Å². The molecule has 6 N–H and O–H groups in total. The molecule has 3 saturated heterocycles. The number of nitrogens with zero attached hydrogens (tertiary/aromatic N) is 3. The van der Waals surface area contributed by atoms with Crippen molar-refractivity contribution >= 4 is 34.8 Å². The predicted molar refractivity (Wildman–Crippen MR) is 118 cm³/mol. The summed E-state index contributed by atoms with van der Waals surface area (Å²) >= 11 is 0. The summed E-state index contributed by atoms with van der Waals surface area (Å²) in [5.41, 5.74) is 20.6. The average Bonchev–Trinajstić information content (AvgIpc) is 3.60. The normalized spacial score (nSPS) is 21.7. The van der Waals surface area contributed by atoms with E-state index in [4.69, 9.17) is 17.2 Å². The first-order valence-corrected chi connectivity index (χ1v) is 10.9. The molecule has 3 amide bonds. The van der Waals surface area contributed by atoms with Gasteiger partial charge < -0.3 is 17.2 Å². The molecule has 162 valence electrons. The second-order valence-electron chi connectivity index (χ2n) is 8.99. The van der Waals surface area contributed by atoms with E-state index in [-0.39, 0.29) is 16.7 Å². The van der Waals surface area contributed by atoms with Crippen molar-refractivity contribution in [2.45, 2.75) is 20.8 Å². The number of hydrogen-bond acceptors (Lipinski definition) is 3. The summed E-state index contributed by atoms with van der Waals surface area (Å²) in [4.78, 5) is 38.7. The van der Waals surface area contributed by atoms with Crippen LogP contribution in [0.2, 0.25) is 0 Å². The third kappa shape index (κ3) is 2.69. The second-order valence-corrected chi connectivity index (χ2v) is 8.99. The molecule has 0 radical (unpaired) electrons. The van der Waals surface area contributed by atoms with Gasteiger partial charge in [0.2, 0.25) is 0 Å². The first kappa shape index (κ1) is 20.8. The maximum Gasteiger partial charge on any atom is 0.260 e. The number of amides is 3. The Bertz CT molecular complexity index is 829. The van der Waals surface area contributed by atoms with E-state index in [9.17, 15) is 14.4 Å². The summed E-state index contributed by atoms with van der Waals surface area (Å²) in [5.74, 6) is -1.87. The molecule has 0 bridgehead atoms. The van der Waals surface area contributed by atoms with E-state index in [1.54, 1.807) is 0 Å². The van der Waals surface area contributed by atoms with E-state index in [1.165, 1.54) is 0 Å². The van der Waals surface area contributed by atoms with Gasteiger partial charge in [0.15, 0.2) is 33.8 Å². The molecule has 0 aliphatic carbocycles. The summed E-state index contributed by atoms with van der Waals surface area (Å²) in [6.07, 6.45) is 0. The van der Waals surface area contributed by atoms with Crippen molar-refractivity contribution < 1.29 is 14.4 Å². The van der Waals surface area contributed by atoms with Gasteiger partial charge in [0, 0.05) is 0 Å². The molecule has 3 aliphatic rings. The van der Waals surface area contributed by atoms with Gasteiger partial charge in [-0.1, -0.05) is 0 Å². The summed E-state index contributed by atoms with van der Waals surface area (Å²) < 4.78 is 1.47. The van der Waals surface area contributed by atoms with E-state index in [2.05, 4.69) is 0 Å². The van der Waals surface area contributed by atoms with Crippen molar-refractivity contribution in [1.29, 1.82) is 0 Å². The van der Waals surface area contributed by atoms with Crippen LogP contribution in [0.1, 0.15) is 51.8 Å². The molecular formula is C21H33N6O3+3. The minimum Gasteiger partial charge on any atom is -0.365 e. The van der Waals surface area contributed by atoms with Gasteiger partial charge in [-0.25, -0.2) is 0 Å². The Balaban J connectivity index is 2.26. The Labute approximate surface area is 176 Å². The molecular weight excluding hydrogens is 384 g/mol. The Morgan fingerprint density at radius 3 is 0.867 bits per heavy atom. The van der Waals surface area contributed by atoms with Gasteiger partial charge in [-0.3, -0.25) is 27.8 Å². The van der Waals surface area contributed by atoms with Gasteiger partial charge in [-0.05, 0) is 20.8 Å². The van der Waals surface area contributed by atoms with E-state index in [1.807, 2.05) is 20.8 Å². The van der Waals surface area contributed by atoms with Crippen molar-refractivity contribution in [2.75, 3.05) is 58.9 Å². The lowest BCUT2D eigenvalue weighted by Crippen LogP contribution is -2.41. The van der Waals surface area contributed by atoms with Crippen LogP contribution in [-0.4, -0.2) is 76.6 Å². The van der Waals surface area contributed by atoms with Crippen LogP contribution in [0, 0.1) is 0 Å². The summed E-state index contributed by atoms with van der Waals surface area (Å²) in [6.45, 7) is 13.1. The third-order valence-electron chi connectivity index (χ3n) is 7.69. The van der Waals surface area contributed by atoms with E-state index < -0.39 is 17.7 Å². The first-order valence-electron chi connectivity index (χ1n) is 10.9. The second kappa shape index (κ2) is 6.50. The summed E-state index contributed by atoms with van der Waals surface area (Å²) in [5, 5.41) is 0. The standard InChI is InChI=1S/C21H30N6O3/c1-4-25(7-8-25)16-13(19(22)28)17(26(5-2)9-10-26)15(21(24)30)18(14(16)20(23)29)27(6-3)11-12-27/h4-12H2,1-3H3,(H3-3,22,23,24,28,29,30)/p+3. The minimum atomic E-state index is -0.624. The van der Waals surface area contributed by atoms with Crippen molar-refractivity contribution in [3.63, 3.8) is 0 Å². The summed E-state index contributed by atoms with van der Waals surface area (Å²) in [7, 11) is 0. The molecule has 0 unspecified atom stereocenters. The van der Waals surface area contributed by atoms with Gasteiger partial charge >= 0.3 is 0 Å². The highest BCUT2D eigenvalue weighted by molar-refractivity contribution is 6.20. The zero-order chi connectivity index (χ0) is 22.1. The highest BCUT2D eigenvalue weighted by Gasteiger charge is 2.60. The van der Waals surface area contributed by atoms with Crippen LogP contribution in [0.4, 0.5) is 17.1 Å². The highest BCUT2D eigenvalue weighted by atomic mass is 16.2. The van der Waals surface area contributed by atoms with E-state index >= 15 is 0 Å². The molecule has 1 aromatic carbocycles. The minimum absolute atomic E-state index is 0.288. The number of primary amides is 3. The molecule has 3 heterocycles. The number of likely N-dealkylation sites (N-methyl/N-ethyl adjacent to an activating group) is 3. The van der Waals surface area contributed by atoms with Gasteiger partial charge in [-0.2, -0.15) is 0 Å². The van der Waals surface area contributed by atoms with Crippen LogP contribution in [-0.2, 0) is 0 Å². The number of carbonyl (C=O) groups excluding carboxylic acids is 3. The van der Waals surface area contributed by atoms with Crippen LogP contribution in [0.15, 0.2) is 0 Å². The molecule has 3 fully saturated rings. The third-order valence-corrected chi connectivity index (χ3v) is 7.69. The lowest BCUT2D eigenvalue weighted by atomic mass is 9.92. The molecule has 0 aromatic heterocycles. The smallest absolute Gasteiger partial charge is 0.260 e. The van der Waals surface area contributed by atoms with Gasteiger partial charge in [0.25, 0.3) is 17.7 Å². The number of carbonyl (C=O) groups is 3. The fourth-order valence-electron chi connectivity index (χ4n) is 5.29. The maximum absolute atomic E-state index is 12.9. The number of rotatable bonds is 9. The van der Waals surface area contributed by atoms with Crippen molar-refractivity contribution in [2.24, 2.45) is 17.2 Å². The highest BCUT2D eigenvalue weighted by Crippen LogP contribution is 2.54. The van der Waals surface area contributed by atoms with Gasteiger partial charge in [0.05, 0.1) is 19.6 Å². The zero-order valence-corrected chi connectivity index (χ0v) is 18.2. The lowest BCUT2D eigenvalue weighted by molar-refractivity contribution is 0.0998.